The van der Waals surface area contributed by atoms with Crippen molar-refractivity contribution in [3.05, 3.63) is 59.9 Å². The van der Waals surface area contributed by atoms with Crippen LogP contribution in [-0.2, 0) is 4.79 Å². The molecule has 2 heterocycles. The van der Waals surface area contributed by atoms with E-state index in [0.29, 0.717) is 47.9 Å². The summed E-state index contributed by atoms with van der Waals surface area (Å²) in [7, 11) is 0. The summed E-state index contributed by atoms with van der Waals surface area (Å²) in [6.45, 7) is 2.96. The van der Waals surface area contributed by atoms with Gasteiger partial charge in [0.05, 0.1) is 22.9 Å². The topological polar surface area (TPSA) is 84.3 Å². The summed E-state index contributed by atoms with van der Waals surface area (Å²) in [6.07, 6.45) is 8.46. The number of benzene rings is 2. The van der Waals surface area contributed by atoms with Crippen molar-refractivity contribution in [2.24, 2.45) is 5.92 Å². The van der Waals surface area contributed by atoms with Crippen LogP contribution in [0.5, 0.6) is 0 Å². The average molecular weight is 473 g/mol. The van der Waals surface area contributed by atoms with Crippen LogP contribution in [0.4, 0.5) is 5.69 Å². The molecule has 2 aliphatic rings. The number of likely N-dealkylation sites (tertiary alicyclic amines) is 1. The number of nitrogens with zero attached hydrogens (tertiary/aromatic N) is 3. The molecule has 2 aromatic carbocycles. The highest BCUT2D eigenvalue weighted by atomic mass is 16.2. The molecule has 7 heteroatoms. The van der Waals surface area contributed by atoms with E-state index in [1.54, 1.807) is 18.2 Å². The van der Waals surface area contributed by atoms with Gasteiger partial charge in [-0.1, -0.05) is 38.0 Å². The molecule has 0 spiro atoms. The lowest BCUT2D eigenvalue weighted by Gasteiger charge is -2.32. The number of fused-ring (bicyclic) bond motifs is 1. The number of anilines is 1. The number of carbonyl (C=O) groups is 3. The number of hydrogen-bond donors (Lipinski definition) is 1. The lowest BCUT2D eigenvalue weighted by molar-refractivity contribution is -0.123. The number of aromatic nitrogens is 2. The summed E-state index contributed by atoms with van der Waals surface area (Å²) in [5, 5.41) is 2.95. The Kier molecular flexibility index (Phi) is 6.66. The van der Waals surface area contributed by atoms with Gasteiger partial charge >= 0.3 is 0 Å². The van der Waals surface area contributed by atoms with Gasteiger partial charge in [-0.15, -0.1) is 0 Å². The molecule has 0 unspecified atom stereocenters. The van der Waals surface area contributed by atoms with Gasteiger partial charge in [-0.2, -0.15) is 0 Å². The minimum Gasteiger partial charge on any atom is -0.338 e. The van der Waals surface area contributed by atoms with Crippen molar-refractivity contribution in [2.75, 3.05) is 18.4 Å². The van der Waals surface area contributed by atoms with Crippen molar-refractivity contribution >= 4 is 34.3 Å². The summed E-state index contributed by atoms with van der Waals surface area (Å²) in [6, 6.07) is 13.0. The molecule has 0 radical (unpaired) electrons. The molecule has 2 amide bonds. The second kappa shape index (κ2) is 10.0. The van der Waals surface area contributed by atoms with Crippen molar-refractivity contribution < 1.29 is 14.4 Å². The van der Waals surface area contributed by atoms with Crippen LogP contribution >= 0.6 is 0 Å². The van der Waals surface area contributed by atoms with Crippen LogP contribution in [0.3, 0.4) is 0 Å². The van der Waals surface area contributed by atoms with Gasteiger partial charge in [-0.05, 0) is 49.9 Å². The molecule has 0 bridgehead atoms. The highest BCUT2D eigenvalue weighted by Crippen LogP contribution is 2.35. The molecule has 1 aromatic heterocycles. The van der Waals surface area contributed by atoms with Crippen molar-refractivity contribution in [1.29, 1.82) is 0 Å². The molecule has 182 valence electrons. The lowest BCUT2D eigenvalue weighted by Crippen LogP contribution is -2.42. The van der Waals surface area contributed by atoms with Gasteiger partial charge in [0.15, 0.2) is 0 Å². The Morgan fingerprint density at radius 2 is 1.80 bits per heavy atom. The van der Waals surface area contributed by atoms with Crippen LogP contribution in [-0.4, -0.2) is 45.1 Å². The average Bonchev–Trinajstić information content (AvgIpc) is 3.58. The lowest BCUT2D eigenvalue weighted by atomic mass is 9.92. The van der Waals surface area contributed by atoms with Gasteiger partial charge in [-0.25, -0.2) is 4.98 Å². The van der Waals surface area contributed by atoms with Crippen LogP contribution in [0, 0.1) is 5.92 Å². The monoisotopic (exact) mass is 472 g/mol. The zero-order valence-electron chi connectivity index (χ0n) is 20.2. The number of Topliss-reactive ketones (excluding diaryl/α,β-unsaturated/α-hetero) is 1. The Bertz CT molecular complexity index is 1240. The molecule has 1 aliphatic carbocycles. The molecule has 2 fully saturated rings. The summed E-state index contributed by atoms with van der Waals surface area (Å²) in [5.74, 6) is -0.217. The van der Waals surface area contributed by atoms with Crippen molar-refractivity contribution in [1.82, 2.24) is 14.5 Å². The van der Waals surface area contributed by atoms with Crippen LogP contribution in [0.2, 0.25) is 0 Å². The zero-order valence-corrected chi connectivity index (χ0v) is 20.2. The van der Waals surface area contributed by atoms with Crippen molar-refractivity contribution in [3.63, 3.8) is 0 Å². The number of rotatable bonds is 6. The third kappa shape index (κ3) is 4.72. The van der Waals surface area contributed by atoms with E-state index < -0.39 is 0 Å². The van der Waals surface area contributed by atoms with Gasteiger partial charge in [-0.3, -0.25) is 14.4 Å². The first-order chi connectivity index (χ1) is 17.0. The Labute approximate surface area is 205 Å². The maximum atomic E-state index is 13.9. The standard InChI is InChI=1S/C28H32N4O3/c1-2-25(33)20-11-8-14-31(17-20)28(35)23-15-21(30-27(34)19-9-4-3-5-10-19)16-24-26(23)32(18-29-24)22-12-6-7-13-22/h3-5,9-10,15-16,18,20,22H,2,6-8,11-14,17H2,1H3,(H,30,34)/t20-/m0/s1. The molecule has 1 saturated heterocycles. The first-order valence-electron chi connectivity index (χ1n) is 12.7. The summed E-state index contributed by atoms with van der Waals surface area (Å²) in [5.41, 5.74) is 3.16. The van der Waals surface area contributed by atoms with E-state index in [4.69, 9.17) is 0 Å². The summed E-state index contributed by atoms with van der Waals surface area (Å²) < 4.78 is 2.15. The van der Waals surface area contributed by atoms with Crippen LogP contribution in [0.25, 0.3) is 11.0 Å². The van der Waals surface area contributed by atoms with Gasteiger partial charge in [0.2, 0.25) is 0 Å². The number of carbonyl (C=O) groups excluding carboxylic acids is 3. The fourth-order valence-electron chi connectivity index (χ4n) is 5.54. The van der Waals surface area contributed by atoms with E-state index in [2.05, 4.69) is 14.9 Å². The van der Waals surface area contributed by atoms with Crippen LogP contribution < -0.4 is 5.32 Å². The molecule has 1 saturated carbocycles. The number of amides is 2. The van der Waals surface area contributed by atoms with Gasteiger partial charge in [0.1, 0.15) is 5.78 Å². The van der Waals surface area contributed by atoms with E-state index in [1.807, 2.05) is 42.4 Å². The van der Waals surface area contributed by atoms with Crippen LogP contribution in [0.15, 0.2) is 48.8 Å². The molecule has 7 nitrogen and oxygen atoms in total. The van der Waals surface area contributed by atoms with E-state index in [-0.39, 0.29) is 23.5 Å². The SMILES string of the molecule is CCC(=O)[C@H]1CCCN(C(=O)c2cc(NC(=O)c3ccccc3)cc3ncn(C4CCCC4)c23)C1. The molecule has 1 N–H and O–H groups in total. The van der Waals surface area contributed by atoms with Crippen LogP contribution in [0.1, 0.15) is 78.6 Å². The normalized spacial score (nSPS) is 18.7. The fourth-order valence-corrected chi connectivity index (χ4v) is 5.54. The first kappa shape index (κ1) is 23.3. The van der Waals surface area contributed by atoms with E-state index in [1.165, 1.54) is 12.8 Å². The molecule has 5 rings (SSSR count). The maximum Gasteiger partial charge on any atom is 0.256 e. The Balaban J connectivity index is 1.52. The predicted octanol–water partition coefficient (Wildman–Crippen LogP) is 5.24. The minimum absolute atomic E-state index is 0.0980. The quantitative estimate of drug-likeness (QED) is 0.532. The molecular formula is C28H32N4O3. The van der Waals surface area contributed by atoms with E-state index >= 15 is 0 Å². The smallest absolute Gasteiger partial charge is 0.256 e. The highest BCUT2D eigenvalue weighted by Gasteiger charge is 2.30. The van der Waals surface area contributed by atoms with Crippen molar-refractivity contribution in [2.45, 2.75) is 57.9 Å². The summed E-state index contributed by atoms with van der Waals surface area (Å²) in [4.78, 5) is 45.6. The van der Waals surface area contributed by atoms with Gasteiger partial charge in [0, 0.05) is 42.7 Å². The number of ketones is 1. The number of piperidine rings is 1. The second-order valence-corrected chi connectivity index (χ2v) is 9.71. The molecular weight excluding hydrogens is 440 g/mol. The number of hydrogen-bond acceptors (Lipinski definition) is 4. The van der Waals surface area contributed by atoms with Crippen molar-refractivity contribution in [3.8, 4) is 0 Å². The van der Waals surface area contributed by atoms with Gasteiger partial charge in [0.25, 0.3) is 11.8 Å². The number of imidazole rings is 1. The Hall–Kier alpha value is -3.48. The highest BCUT2D eigenvalue weighted by molar-refractivity contribution is 6.10. The Morgan fingerprint density at radius 3 is 2.54 bits per heavy atom. The van der Waals surface area contributed by atoms with Gasteiger partial charge < -0.3 is 14.8 Å². The maximum absolute atomic E-state index is 13.9. The molecule has 1 aliphatic heterocycles. The molecule has 3 aromatic rings. The minimum atomic E-state index is -0.231. The number of nitrogens with one attached hydrogen (secondary N) is 1. The zero-order chi connectivity index (χ0) is 24.4. The molecule has 1 atom stereocenters. The first-order valence-corrected chi connectivity index (χ1v) is 12.7. The Morgan fingerprint density at radius 1 is 1.03 bits per heavy atom. The van der Waals surface area contributed by atoms with E-state index in [0.717, 1.165) is 31.2 Å². The summed E-state index contributed by atoms with van der Waals surface area (Å²) >= 11 is 0. The third-order valence-corrected chi connectivity index (χ3v) is 7.42. The second-order valence-electron chi connectivity index (χ2n) is 9.71. The van der Waals surface area contributed by atoms with E-state index in [9.17, 15) is 14.4 Å². The predicted molar refractivity (Wildman–Crippen MR) is 136 cm³/mol. The third-order valence-electron chi connectivity index (χ3n) is 7.42. The largest absolute Gasteiger partial charge is 0.338 e. The fraction of sp³-hybridized carbons (Fsp3) is 0.429. The molecule has 35 heavy (non-hydrogen) atoms.